The van der Waals surface area contributed by atoms with E-state index in [2.05, 4.69) is 13.8 Å². The van der Waals surface area contributed by atoms with E-state index in [-0.39, 0.29) is 25.0 Å². The van der Waals surface area contributed by atoms with Gasteiger partial charge in [-0.2, -0.15) is 0 Å². The maximum Gasteiger partial charge on any atom is 0.320 e. The number of carbonyl (C=O) groups excluding carboxylic acids is 1. The highest BCUT2D eigenvalue weighted by molar-refractivity contribution is 5.76. The molecule has 110 valence electrons. The lowest BCUT2D eigenvalue weighted by Gasteiger charge is -2.31. The molecule has 5 nitrogen and oxygen atoms in total. The van der Waals surface area contributed by atoms with Crippen molar-refractivity contribution in [1.82, 2.24) is 9.80 Å². The van der Waals surface area contributed by atoms with Crippen LogP contribution in [0.4, 0.5) is 4.79 Å². The van der Waals surface area contributed by atoms with Crippen molar-refractivity contribution in [2.24, 2.45) is 11.8 Å². The van der Waals surface area contributed by atoms with Crippen LogP contribution in [0.5, 0.6) is 0 Å². The zero-order valence-corrected chi connectivity index (χ0v) is 12.4. The summed E-state index contributed by atoms with van der Waals surface area (Å²) in [5.41, 5.74) is 0. The van der Waals surface area contributed by atoms with Gasteiger partial charge in [0.2, 0.25) is 0 Å². The average molecular weight is 270 g/mol. The van der Waals surface area contributed by atoms with Crippen LogP contribution in [0.25, 0.3) is 0 Å². The lowest BCUT2D eigenvalue weighted by molar-refractivity contribution is -0.137. The van der Waals surface area contributed by atoms with Crippen LogP contribution >= 0.6 is 0 Å². The van der Waals surface area contributed by atoms with E-state index in [0.29, 0.717) is 11.8 Å². The third kappa shape index (κ3) is 4.40. The minimum Gasteiger partial charge on any atom is -0.481 e. The molecule has 0 radical (unpaired) electrons. The number of carboxylic acids is 1. The summed E-state index contributed by atoms with van der Waals surface area (Å²) in [6.45, 7) is 10.1. The van der Waals surface area contributed by atoms with E-state index in [1.165, 1.54) is 0 Å². The second-order valence-corrected chi connectivity index (χ2v) is 5.95. The quantitative estimate of drug-likeness (QED) is 0.833. The molecule has 1 unspecified atom stereocenters. The highest BCUT2D eigenvalue weighted by atomic mass is 16.4. The smallest absolute Gasteiger partial charge is 0.320 e. The van der Waals surface area contributed by atoms with Gasteiger partial charge < -0.3 is 14.9 Å². The van der Waals surface area contributed by atoms with E-state index < -0.39 is 5.97 Å². The Morgan fingerprint density at radius 3 is 2.37 bits per heavy atom. The Labute approximate surface area is 115 Å². The van der Waals surface area contributed by atoms with Crippen LogP contribution in [0.2, 0.25) is 0 Å². The molecule has 0 spiro atoms. The highest BCUT2D eigenvalue weighted by Crippen LogP contribution is 2.24. The summed E-state index contributed by atoms with van der Waals surface area (Å²) in [6, 6.07) is 0.0179. The molecule has 1 aliphatic heterocycles. The van der Waals surface area contributed by atoms with E-state index >= 15 is 0 Å². The van der Waals surface area contributed by atoms with Gasteiger partial charge in [-0.1, -0.05) is 13.8 Å². The fraction of sp³-hybridized carbons (Fsp3) is 0.857. The van der Waals surface area contributed by atoms with Gasteiger partial charge in [-0.3, -0.25) is 4.79 Å². The fourth-order valence-corrected chi connectivity index (χ4v) is 2.48. The molecule has 1 saturated heterocycles. The van der Waals surface area contributed by atoms with E-state index in [1.807, 2.05) is 18.7 Å². The fourth-order valence-electron chi connectivity index (χ4n) is 2.48. The maximum absolute atomic E-state index is 12.4. The summed E-state index contributed by atoms with van der Waals surface area (Å²) in [6.07, 6.45) is 1.06. The molecule has 0 aromatic rings. The summed E-state index contributed by atoms with van der Waals surface area (Å²) in [4.78, 5) is 26.6. The number of likely N-dealkylation sites (tertiary alicyclic amines) is 1. The first kappa shape index (κ1) is 15.8. The number of nitrogens with zero attached hydrogens (tertiary/aromatic N) is 2. The summed E-state index contributed by atoms with van der Waals surface area (Å²) >= 11 is 0. The molecule has 5 heteroatoms. The number of amides is 2. The van der Waals surface area contributed by atoms with Crippen molar-refractivity contribution in [3.8, 4) is 0 Å². The lowest BCUT2D eigenvalue weighted by atomic mass is 9.95. The van der Waals surface area contributed by atoms with Crippen LogP contribution < -0.4 is 0 Å². The largest absolute Gasteiger partial charge is 0.481 e. The number of hydrogen-bond donors (Lipinski definition) is 1. The Balaban J connectivity index is 2.60. The van der Waals surface area contributed by atoms with Crippen molar-refractivity contribution >= 4 is 12.0 Å². The third-order valence-electron chi connectivity index (χ3n) is 3.87. The molecular weight excluding hydrogens is 244 g/mol. The minimum atomic E-state index is -0.861. The van der Waals surface area contributed by atoms with Gasteiger partial charge in [0.05, 0.1) is 6.42 Å². The van der Waals surface area contributed by atoms with Gasteiger partial charge in [-0.05, 0) is 32.1 Å². The van der Waals surface area contributed by atoms with E-state index in [4.69, 9.17) is 5.11 Å². The van der Waals surface area contributed by atoms with Gasteiger partial charge in [-0.25, -0.2) is 4.79 Å². The van der Waals surface area contributed by atoms with E-state index in [0.717, 1.165) is 19.5 Å². The van der Waals surface area contributed by atoms with Crippen molar-refractivity contribution in [2.75, 3.05) is 19.6 Å². The molecule has 1 aliphatic rings. The monoisotopic (exact) mass is 270 g/mol. The van der Waals surface area contributed by atoms with Gasteiger partial charge >= 0.3 is 12.0 Å². The summed E-state index contributed by atoms with van der Waals surface area (Å²) < 4.78 is 0. The summed E-state index contributed by atoms with van der Waals surface area (Å²) in [7, 11) is 0. The molecule has 1 rings (SSSR count). The van der Waals surface area contributed by atoms with Crippen molar-refractivity contribution < 1.29 is 14.7 Å². The van der Waals surface area contributed by atoms with Gasteiger partial charge in [0, 0.05) is 25.7 Å². The molecule has 2 amide bonds. The number of urea groups is 1. The molecule has 1 atom stereocenters. The minimum absolute atomic E-state index is 0.00533. The summed E-state index contributed by atoms with van der Waals surface area (Å²) in [5.74, 6) is 0.293. The van der Waals surface area contributed by atoms with Gasteiger partial charge in [0.25, 0.3) is 0 Å². The van der Waals surface area contributed by atoms with E-state index in [1.54, 1.807) is 4.90 Å². The lowest BCUT2D eigenvalue weighted by Crippen LogP contribution is -2.46. The summed E-state index contributed by atoms with van der Waals surface area (Å²) in [5, 5.41) is 8.75. The average Bonchev–Trinajstić information content (AvgIpc) is 2.77. The molecule has 0 bridgehead atoms. The van der Waals surface area contributed by atoms with Crippen LogP contribution in [-0.4, -0.2) is 52.6 Å². The number of aliphatic carboxylic acids is 1. The molecule has 0 aliphatic carbocycles. The second-order valence-electron chi connectivity index (χ2n) is 5.95. The standard InChI is InChI=1S/C14H26N2O3/c1-10(2)12-5-7-15(9-12)14(19)16(11(3)4)8-6-13(17)18/h10-12H,5-9H2,1-4H3,(H,17,18). The topological polar surface area (TPSA) is 60.9 Å². The third-order valence-corrected chi connectivity index (χ3v) is 3.87. The molecule has 1 fully saturated rings. The molecule has 19 heavy (non-hydrogen) atoms. The first-order valence-electron chi connectivity index (χ1n) is 7.10. The number of hydrogen-bond acceptors (Lipinski definition) is 2. The number of carboxylic acid groups (broad SMARTS) is 1. The molecule has 0 aromatic carbocycles. The molecule has 0 aromatic heterocycles. The van der Waals surface area contributed by atoms with Crippen molar-refractivity contribution in [3.63, 3.8) is 0 Å². The van der Waals surface area contributed by atoms with Crippen LogP contribution in [-0.2, 0) is 4.79 Å². The Bertz CT molecular complexity index is 329. The first-order valence-corrected chi connectivity index (χ1v) is 7.10. The molecule has 1 N–H and O–H groups in total. The zero-order valence-electron chi connectivity index (χ0n) is 12.4. The second kappa shape index (κ2) is 6.78. The van der Waals surface area contributed by atoms with Crippen LogP contribution in [0.15, 0.2) is 0 Å². The van der Waals surface area contributed by atoms with Crippen LogP contribution in [0.3, 0.4) is 0 Å². The SMILES string of the molecule is CC(C)C1CCN(C(=O)N(CCC(=O)O)C(C)C)C1. The van der Waals surface area contributed by atoms with Gasteiger partial charge in [0.15, 0.2) is 0 Å². The van der Waals surface area contributed by atoms with Crippen LogP contribution in [0, 0.1) is 11.8 Å². The Morgan fingerprint density at radius 2 is 1.95 bits per heavy atom. The van der Waals surface area contributed by atoms with Crippen molar-refractivity contribution in [2.45, 2.75) is 46.6 Å². The first-order chi connectivity index (χ1) is 8.82. The maximum atomic E-state index is 12.4. The highest BCUT2D eigenvalue weighted by Gasteiger charge is 2.31. The predicted molar refractivity (Wildman–Crippen MR) is 74.0 cm³/mol. The van der Waals surface area contributed by atoms with Crippen molar-refractivity contribution in [3.05, 3.63) is 0 Å². The molecular formula is C14H26N2O3. The van der Waals surface area contributed by atoms with Crippen molar-refractivity contribution in [1.29, 1.82) is 0 Å². The van der Waals surface area contributed by atoms with Crippen LogP contribution in [0.1, 0.15) is 40.5 Å². The Hall–Kier alpha value is -1.26. The van der Waals surface area contributed by atoms with E-state index in [9.17, 15) is 9.59 Å². The number of rotatable bonds is 5. The molecule has 1 heterocycles. The van der Waals surface area contributed by atoms with Gasteiger partial charge in [0.1, 0.15) is 0 Å². The Morgan fingerprint density at radius 1 is 1.32 bits per heavy atom. The predicted octanol–water partition coefficient (Wildman–Crippen LogP) is 2.27. The van der Waals surface area contributed by atoms with Gasteiger partial charge in [-0.15, -0.1) is 0 Å². The normalized spacial score (nSPS) is 19.3. The molecule has 0 saturated carbocycles. The number of carbonyl (C=O) groups is 2. The zero-order chi connectivity index (χ0) is 14.6. The Kier molecular flexibility index (Phi) is 5.63.